The van der Waals surface area contributed by atoms with Crippen LogP contribution in [-0.4, -0.2) is 36.5 Å². The summed E-state index contributed by atoms with van der Waals surface area (Å²) in [5.41, 5.74) is -0.147. The van der Waals surface area contributed by atoms with Crippen molar-refractivity contribution in [3.8, 4) is 5.75 Å². The van der Waals surface area contributed by atoms with E-state index in [1.54, 1.807) is 6.92 Å². The van der Waals surface area contributed by atoms with Crippen molar-refractivity contribution in [1.82, 2.24) is 0 Å². The molecule has 2 rings (SSSR count). The minimum absolute atomic E-state index is 0.150. The second-order valence-corrected chi connectivity index (χ2v) is 9.53. The van der Waals surface area contributed by atoms with Gasteiger partial charge in [0.25, 0.3) is 0 Å². The maximum absolute atomic E-state index is 12.0. The normalized spacial score (nSPS) is 19.6. The first-order valence-corrected chi connectivity index (χ1v) is 11.2. The van der Waals surface area contributed by atoms with Gasteiger partial charge in [-0.1, -0.05) is 31.7 Å². The smallest absolute Gasteiger partial charge is 0.483 e. The van der Waals surface area contributed by atoms with E-state index in [-0.39, 0.29) is 12.4 Å². The monoisotopic (exact) mass is 446 g/mol. The van der Waals surface area contributed by atoms with Crippen molar-refractivity contribution < 1.29 is 23.6 Å². The van der Waals surface area contributed by atoms with Crippen LogP contribution in [0.15, 0.2) is 47.3 Å². The van der Waals surface area contributed by atoms with Gasteiger partial charge < -0.3 is 18.8 Å². The standard InChI is InChI=1S/C24H35BO5S/c1-9-24(8,28-20-14-12-11-13-18(20)15-21(26)27-10-2)16-19(17(3)31)25-29-22(4,5)23(6,7)30-25/h11-14,16,31H,3,9-10,15H2,1-2,4-8H3/b19-16+. The predicted molar refractivity (Wildman–Crippen MR) is 128 cm³/mol. The van der Waals surface area contributed by atoms with E-state index in [0.29, 0.717) is 23.7 Å². The molecule has 170 valence electrons. The first kappa shape index (κ1) is 25.6. The highest BCUT2D eigenvalue weighted by Gasteiger charge is 2.53. The average molecular weight is 446 g/mol. The quantitative estimate of drug-likeness (QED) is 0.240. The first-order chi connectivity index (χ1) is 14.3. The highest BCUT2D eigenvalue weighted by Crippen LogP contribution is 2.41. The number of para-hydroxylation sites is 1. The summed E-state index contributed by atoms with van der Waals surface area (Å²) >= 11 is 4.51. The molecular formula is C24H35BO5S. The largest absolute Gasteiger partial charge is 0.495 e. The number of hydrogen-bond acceptors (Lipinski definition) is 6. The molecule has 7 heteroatoms. The van der Waals surface area contributed by atoms with Gasteiger partial charge in [-0.25, -0.2) is 0 Å². The van der Waals surface area contributed by atoms with E-state index in [2.05, 4.69) is 19.2 Å². The minimum Gasteiger partial charge on any atom is -0.483 e. The van der Waals surface area contributed by atoms with E-state index in [9.17, 15) is 4.79 Å². The van der Waals surface area contributed by atoms with Crippen LogP contribution in [0.25, 0.3) is 0 Å². The summed E-state index contributed by atoms with van der Waals surface area (Å²) in [6.45, 7) is 18.2. The molecule has 0 bridgehead atoms. The van der Waals surface area contributed by atoms with Gasteiger partial charge in [-0.15, -0.1) is 12.6 Å². The van der Waals surface area contributed by atoms with E-state index in [1.807, 2.05) is 71.9 Å². The Morgan fingerprint density at radius 1 is 1.19 bits per heavy atom. The molecule has 0 spiro atoms. The molecule has 1 saturated heterocycles. The predicted octanol–water partition coefficient (Wildman–Crippen LogP) is 5.34. The van der Waals surface area contributed by atoms with Crippen LogP contribution in [0.4, 0.5) is 0 Å². The van der Waals surface area contributed by atoms with Crippen molar-refractivity contribution in [1.29, 1.82) is 0 Å². The fraction of sp³-hybridized carbons (Fsp3) is 0.542. The number of rotatable bonds is 9. The van der Waals surface area contributed by atoms with Crippen LogP contribution in [-0.2, 0) is 25.3 Å². The van der Waals surface area contributed by atoms with Crippen LogP contribution in [0.1, 0.15) is 60.5 Å². The second kappa shape index (κ2) is 9.84. The Bertz CT molecular complexity index is 832. The average Bonchev–Trinajstić information content (AvgIpc) is 2.88. The number of carbonyl (C=O) groups is 1. The summed E-state index contributed by atoms with van der Waals surface area (Å²) < 4.78 is 24.0. The van der Waals surface area contributed by atoms with E-state index in [1.165, 1.54) is 0 Å². The Balaban J connectivity index is 2.36. The molecular weight excluding hydrogens is 411 g/mol. The number of carbonyl (C=O) groups excluding carboxylic acids is 1. The van der Waals surface area contributed by atoms with E-state index in [0.717, 1.165) is 11.0 Å². The van der Waals surface area contributed by atoms with E-state index in [4.69, 9.17) is 18.8 Å². The molecule has 0 saturated carbocycles. The van der Waals surface area contributed by atoms with Gasteiger partial charge in [-0.05, 0) is 70.5 Å². The van der Waals surface area contributed by atoms with Crippen molar-refractivity contribution >= 4 is 25.7 Å². The molecule has 1 unspecified atom stereocenters. The van der Waals surface area contributed by atoms with Gasteiger partial charge in [0.1, 0.15) is 11.4 Å². The SMILES string of the molecule is C=C(S)/C(=C\C(C)(CC)Oc1ccccc1CC(=O)OCC)B1OC(C)(C)C(C)(C)O1. The molecule has 1 heterocycles. The summed E-state index contributed by atoms with van der Waals surface area (Å²) in [6, 6.07) is 7.50. The second-order valence-electron chi connectivity index (χ2n) is 8.99. The maximum Gasteiger partial charge on any atom is 0.495 e. The van der Waals surface area contributed by atoms with Crippen LogP contribution < -0.4 is 4.74 Å². The van der Waals surface area contributed by atoms with Gasteiger partial charge in [-0.2, -0.15) is 0 Å². The minimum atomic E-state index is -0.699. The summed E-state index contributed by atoms with van der Waals surface area (Å²) in [5.74, 6) is 0.350. The molecule has 0 aliphatic carbocycles. The molecule has 0 N–H and O–H groups in total. The zero-order valence-electron chi connectivity index (χ0n) is 19.8. The summed E-state index contributed by atoms with van der Waals surface area (Å²) in [6.07, 6.45) is 2.79. The zero-order valence-corrected chi connectivity index (χ0v) is 20.7. The Labute approximate surface area is 192 Å². The molecule has 1 aliphatic rings. The van der Waals surface area contributed by atoms with Crippen molar-refractivity contribution in [3.63, 3.8) is 0 Å². The highest BCUT2D eigenvalue weighted by atomic mass is 32.1. The number of ether oxygens (including phenoxy) is 2. The van der Waals surface area contributed by atoms with Gasteiger partial charge in [0.2, 0.25) is 0 Å². The third-order valence-corrected chi connectivity index (χ3v) is 6.22. The maximum atomic E-state index is 12.0. The van der Waals surface area contributed by atoms with Crippen molar-refractivity contribution in [2.24, 2.45) is 0 Å². The zero-order chi connectivity index (χ0) is 23.4. The summed E-state index contributed by atoms with van der Waals surface area (Å²) in [4.78, 5) is 12.6. The number of benzene rings is 1. The third-order valence-electron chi connectivity index (χ3n) is 5.96. The lowest BCUT2D eigenvalue weighted by molar-refractivity contribution is -0.142. The Morgan fingerprint density at radius 2 is 1.77 bits per heavy atom. The van der Waals surface area contributed by atoms with Crippen molar-refractivity contribution in [2.45, 2.75) is 78.1 Å². The Kier molecular flexibility index (Phi) is 8.12. The molecule has 0 aromatic heterocycles. The lowest BCUT2D eigenvalue weighted by Crippen LogP contribution is -2.41. The fourth-order valence-corrected chi connectivity index (χ4v) is 3.33. The molecule has 0 amide bonds. The van der Waals surface area contributed by atoms with Crippen molar-refractivity contribution in [2.75, 3.05) is 6.61 Å². The summed E-state index contributed by atoms with van der Waals surface area (Å²) in [5, 5.41) is 0. The lowest BCUT2D eigenvalue weighted by Gasteiger charge is -2.32. The number of allylic oxidation sites excluding steroid dienone is 1. The number of hydrogen-bond donors (Lipinski definition) is 1. The van der Waals surface area contributed by atoms with Gasteiger partial charge in [-0.3, -0.25) is 4.79 Å². The third kappa shape index (κ3) is 6.18. The van der Waals surface area contributed by atoms with E-state index >= 15 is 0 Å². The van der Waals surface area contributed by atoms with E-state index < -0.39 is 23.9 Å². The molecule has 31 heavy (non-hydrogen) atoms. The van der Waals surface area contributed by atoms with Crippen LogP contribution in [0, 0.1) is 0 Å². The highest BCUT2D eigenvalue weighted by molar-refractivity contribution is 7.85. The molecule has 1 fully saturated rings. The molecule has 1 aromatic rings. The van der Waals surface area contributed by atoms with Crippen LogP contribution in [0.5, 0.6) is 5.75 Å². The molecule has 1 atom stereocenters. The van der Waals surface area contributed by atoms with Crippen LogP contribution in [0.3, 0.4) is 0 Å². The summed E-state index contributed by atoms with van der Waals surface area (Å²) in [7, 11) is -0.598. The number of thiol groups is 1. The topological polar surface area (TPSA) is 54.0 Å². The van der Waals surface area contributed by atoms with Gasteiger partial charge in [0.05, 0.1) is 24.2 Å². The van der Waals surface area contributed by atoms with Crippen LogP contribution in [0.2, 0.25) is 0 Å². The van der Waals surface area contributed by atoms with Gasteiger partial charge in [0.15, 0.2) is 0 Å². The fourth-order valence-electron chi connectivity index (χ4n) is 3.16. The molecule has 5 nitrogen and oxygen atoms in total. The first-order valence-electron chi connectivity index (χ1n) is 10.7. The number of esters is 1. The lowest BCUT2D eigenvalue weighted by atomic mass is 9.75. The van der Waals surface area contributed by atoms with Gasteiger partial charge >= 0.3 is 13.1 Å². The molecule has 1 aromatic carbocycles. The molecule has 1 aliphatic heterocycles. The Hall–Kier alpha value is -1.70. The van der Waals surface area contributed by atoms with Crippen LogP contribution >= 0.6 is 12.6 Å². The Morgan fingerprint density at radius 3 is 2.29 bits per heavy atom. The van der Waals surface area contributed by atoms with Gasteiger partial charge in [0, 0.05) is 5.56 Å². The van der Waals surface area contributed by atoms with Crippen molar-refractivity contribution in [3.05, 3.63) is 52.9 Å². The molecule has 0 radical (unpaired) electrons.